The highest BCUT2D eigenvalue weighted by Gasteiger charge is 2.13. The Labute approximate surface area is 109 Å². The van der Waals surface area contributed by atoms with Gasteiger partial charge in [-0.1, -0.05) is 24.4 Å². The van der Waals surface area contributed by atoms with Crippen LogP contribution >= 0.6 is 12.2 Å². The molecule has 1 amide bonds. The molecule has 0 atom stereocenters. The van der Waals surface area contributed by atoms with E-state index in [1.165, 1.54) is 6.20 Å². The fourth-order valence-corrected chi connectivity index (χ4v) is 1.87. The lowest BCUT2D eigenvalue weighted by atomic mass is 10.1. The van der Waals surface area contributed by atoms with Crippen molar-refractivity contribution in [1.82, 2.24) is 15.4 Å². The van der Waals surface area contributed by atoms with Crippen LogP contribution in [0.15, 0.2) is 24.4 Å². The van der Waals surface area contributed by atoms with Crippen LogP contribution < -0.4 is 11.1 Å². The topological polar surface area (TPSA) is 96.7 Å². The average Bonchev–Trinajstić information content (AvgIpc) is 2.81. The number of carbonyl (C=O) groups is 1. The molecular formula is C11H11N5OS. The average molecular weight is 261 g/mol. The van der Waals surface area contributed by atoms with Gasteiger partial charge in [0.25, 0.3) is 5.91 Å². The van der Waals surface area contributed by atoms with Gasteiger partial charge in [-0.05, 0) is 18.6 Å². The molecule has 1 aromatic carbocycles. The maximum atomic E-state index is 11.8. The summed E-state index contributed by atoms with van der Waals surface area (Å²) in [5, 5.41) is 12.3. The fraction of sp³-hybridized carbons (Fsp3) is 0.0909. The number of hydrogen-bond donors (Lipinski definition) is 3. The summed E-state index contributed by atoms with van der Waals surface area (Å²) in [6.45, 7) is 1.88. The summed E-state index contributed by atoms with van der Waals surface area (Å²) >= 11 is 4.98. The second-order valence-electron chi connectivity index (χ2n) is 3.67. The van der Waals surface area contributed by atoms with Crippen molar-refractivity contribution in [1.29, 1.82) is 0 Å². The van der Waals surface area contributed by atoms with Crippen LogP contribution in [0.3, 0.4) is 0 Å². The molecule has 0 fully saturated rings. The molecule has 0 spiro atoms. The third kappa shape index (κ3) is 2.35. The number of nitrogens with one attached hydrogen (secondary N) is 2. The van der Waals surface area contributed by atoms with Gasteiger partial charge in [0.1, 0.15) is 4.99 Å². The number of aromatic amines is 1. The molecule has 18 heavy (non-hydrogen) atoms. The zero-order valence-corrected chi connectivity index (χ0v) is 10.4. The number of benzene rings is 1. The van der Waals surface area contributed by atoms with Crippen LogP contribution in [-0.2, 0) is 0 Å². The number of H-pyrrole nitrogens is 1. The molecule has 0 aliphatic heterocycles. The first-order valence-corrected chi connectivity index (χ1v) is 5.57. The van der Waals surface area contributed by atoms with Crippen LogP contribution in [0.4, 0.5) is 5.69 Å². The summed E-state index contributed by atoms with van der Waals surface area (Å²) in [5.41, 5.74) is 7.98. The number of hydrogen-bond acceptors (Lipinski definition) is 4. The van der Waals surface area contributed by atoms with Crippen molar-refractivity contribution in [2.75, 3.05) is 5.32 Å². The fourth-order valence-electron chi connectivity index (χ4n) is 1.60. The molecule has 2 aromatic rings. The first-order chi connectivity index (χ1) is 8.59. The number of nitrogens with zero attached hydrogens (tertiary/aromatic N) is 2. The maximum Gasteiger partial charge on any atom is 0.277 e. The van der Waals surface area contributed by atoms with Crippen molar-refractivity contribution < 1.29 is 4.79 Å². The molecule has 0 saturated carbocycles. The van der Waals surface area contributed by atoms with E-state index in [1.807, 2.05) is 19.1 Å². The lowest BCUT2D eigenvalue weighted by Crippen LogP contribution is -2.19. The summed E-state index contributed by atoms with van der Waals surface area (Å²) in [7, 11) is 0. The SMILES string of the molecule is Cc1cccc(NC(=O)c2cn[nH]n2)c1C(N)=S. The van der Waals surface area contributed by atoms with Crippen LogP contribution in [-0.4, -0.2) is 26.3 Å². The van der Waals surface area contributed by atoms with Crippen LogP contribution in [0.25, 0.3) is 0 Å². The largest absolute Gasteiger partial charge is 0.389 e. The summed E-state index contributed by atoms with van der Waals surface area (Å²) < 4.78 is 0. The van der Waals surface area contributed by atoms with Gasteiger partial charge in [0, 0.05) is 5.56 Å². The van der Waals surface area contributed by atoms with Gasteiger partial charge in [-0.2, -0.15) is 15.4 Å². The highest BCUT2D eigenvalue weighted by Crippen LogP contribution is 2.19. The molecule has 0 radical (unpaired) electrons. The molecule has 4 N–H and O–H groups in total. The van der Waals surface area contributed by atoms with E-state index >= 15 is 0 Å². The Balaban J connectivity index is 2.32. The van der Waals surface area contributed by atoms with E-state index in [9.17, 15) is 4.79 Å². The minimum Gasteiger partial charge on any atom is -0.389 e. The normalized spacial score (nSPS) is 10.1. The van der Waals surface area contributed by atoms with Gasteiger partial charge < -0.3 is 11.1 Å². The van der Waals surface area contributed by atoms with Crippen molar-refractivity contribution in [3.8, 4) is 0 Å². The number of anilines is 1. The van der Waals surface area contributed by atoms with Gasteiger partial charge >= 0.3 is 0 Å². The quantitative estimate of drug-likeness (QED) is 0.716. The Kier molecular flexibility index (Phi) is 3.33. The van der Waals surface area contributed by atoms with Gasteiger partial charge in [-0.15, -0.1) is 0 Å². The van der Waals surface area contributed by atoms with E-state index in [0.29, 0.717) is 11.3 Å². The summed E-state index contributed by atoms with van der Waals surface area (Å²) in [6, 6.07) is 5.43. The third-order valence-electron chi connectivity index (χ3n) is 2.42. The zero-order chi connectivity index (χ0) is 13.1. The standard InChI is InChI=1S/C11H11N5OS/c1-6-3-2-4-7(9(6)10(12)18)14-11(17)8-5-13-16-15-8/h2-5H,1H3,(H2,12,18)(H,14,17)(H,13,15,16). The number of carbonyl (C=O) groups excluding carboxylic acids is 1. The van der Waals surface area contributed by atoms with Gasteiger partial charge in [-0.25, -0.2) is 0 Å². The van der Waals surface area contributed by atoms with E-state index in [-0.39, 0.29) is 16.6 Å². The van der Waals surface area contributed by atoms with Crippen LogP contribution in [0.1, 0.15) is 21.6 Å². The van der Waals surface area contributed by atoms with Gasteiger partial charge in [0.2, 0.25) is 0 Å². The van der Waals surface area contributed by atoms with Crippen molar-refractivity contribution >= 4 is 28.8 Å². The monoisotopic (exact) mass is 261 g/mol. The van der Waals surface area contributed by atoms with Gasteiger partial charge in [-0.3, -0.25) is 4.79 Å². The number of amides is 1. The highest BCUT2D eigenvalue weighted by molar-refractivity contribution is 7.80. The van der Waals surface area contributed by atoms with Crippen molar-refractivity contribution in [3.63, 3.8) is 0 Å². The third-order valence-corrected chi connectivity index (χ3v) is 2.62. The molecule has 2 rings (SSSR count). The lowest BCUT2D eigenvalue weighted by Gasteiger charge is -2.11. The molecule has 1 aromatic heterocycles. The van der Waals surface area contributed by atoms with E-state index in [4.69, 9.17) is 18.0 Å². The number of aryl methyl sites for hydroxylation is 1. The van der Waals surface area contributed by atoms with E-state index in [0.717, 1.165) is 5.56 Å². The molecule has 6 nitrogen and oxygen atoms in total. The molecule has 0 bridgehead atoms. The molecule has 1 heterocycles. The predicted octanol–water partition coefficient (Wildman–Crippen LogP) is 1.000. The number of thiocarbonyl (C=S) groups is 1. The Morgan fingerprint density at radius 1 is 1.50 bits per heavy atom. The second kappa shape index (κ2) is 4.92. The lowest BCUT2D eigenvalue weighted by molar-refractivity contribution is 0.102. The second-order valence-corrected chi connectivity index (χ2v) is 4.11. The summed E-state index contributed by atoms with van der Waals surface area (Å²) in [6.07, 6.45) is 1.34. The van der Waals surface area contributed by atoms with Crippen LogP contribution in [0.5, 0.6) is 0 Å². The van der Waals surface area contributed by atoms with Crippen molar-refractivity contribution in [3.05, 3.63) is 41.2 Å². The van der Waals surface area contributed by atoms with Crippen molar-refractivity contribution in [2.24, 2.45) is 5.73 Å². The molecule has 0 aliphatic carbocycles. The van der Waals surface area contributed by atoms with Crippen LogP contribution in [0, 0.1) is 6.92 Å². The minimum absolute atomic E-state index is 0.199. The minimum atomic E-state index is -0.369. The number of rotatable bonds is 3. The van der Waals surface area contributed by atoms with Gasteiger partial charge in [0.05, 0.1) is 11.9 Å². The first kappa shape index (κ1) is 12.2. The zero-order valence-electron chi connectivity index (χ0n) is 9.60. The molecule has 0 saturated heterocycles. The Bertz CT molecular complexity index is 593. The summed E-state index contributed by atoms with van der Waals surface area (Å²) in [5.74, 6) is -0.369. The molecule has 0 unspecified atom stereocenters. The maximum absolute atomic E-state index is 11.8. The van der Waals surface area contributed by atoms with E-state index in [1.54, 1.807) is 6.07 Å². The van der Waals surface area contributed by atoms with E-state index < -0.39 is 0 Å². The molecule has 0 aliphatic rings. The number of aromatic nitrogens is 3. The Morgan fingerprint density at radius 2 is 2.28 bits per heavy atom. The first-order valence-electron chi connectivity index (χ1n) is 5.16. The molecule has 92 valence electrons. The molecular weight excluding hydrogens is 250 g/mol. The van der Waals surface area contributed by atoms with Gasteiger partial charge in [0.15, 0.2) is 5.69 Å². The Hall–Kier alpha value is -2.28. The Morgan fingerprint density at radius 3 is 2.89 bits per heavy atom. The molecule has 7 heteroatoms. The number of nitrogens with two attached hydrogens (primary N) is 1. The highest BCUT2D eigenvalue weighted by atomic mass is 32.1. The van der Waals surface area contributed by atoms with Crippen LogP contribution in [0.2, 0.25) is 0 Å². The van der Waals surface area contributed by atoms with Crippen molar-refractivity contribution in [2.45, 2.75) is 6.92 Å². The predicted molar refractivity (Wildman–Crippen MR) is 71.4 cm³/mol. The van der Waals surface area contributed by atoms with E-state index in [2.05, 4.69) is 20.7 Å². The smallest absolute Gasteiger partial charge is 0.277 e. The summed E-state index contributed by atoms with van der Waals surface area (Å²) in [4.78, 5) is 12.1.